The van der Waals surface area contributed by atoms with E-state index in [1.165, 1.54) is 11.3 Å². The number of carbonyl (C=O) groups excluding carboxylic acids is 1. The zero-order chi connectivity index (χ0) is 19.1. The summed E-state index contributed by atoms with van der Waals surface area (Å²) < 4.78 is 6.74. The quantitative estimate of drug-likeness (QED) is 0.409. The van der Waals surface area contributed by atoms with Crippen molar-refractivity contribution < 1.29 is 9.53 Å². The third kappa shape index (κ3) is 5.65. The summed E-state index contributed by atoms with van der Waals surface area (Å²) in [5.41, 5.74) is 2.41. The van der Waals surface area contributed by atoms with E-state index in [9.17, 15) is 4.79 Å². The van der Waals surface area contributed by atoms with Gasteiger partial charge in [-0.1, -0.05) is 53.9 Å². The fraction of sp³-hybridized carbons (Fsp3) is 0.238. The lowest BCUT2D eigenvalue weighted by molar-refractivity contribution is 0.102. The first kappa shape index (κ1) is 19.6. The second kappa shape index (κ2) is 9.67. The van der Waals surface area contributed by atoms with Gasteiger partial charge in [0.15, 0.2) is 5.13 Å². The molecular weight excluding hydrogens is 424 g/mol. The van der Waals surface area contributed by atoms with Crippen LogP contribution in [0.4, 0.5) is 5.13 Å². The van der Waals surface area contributed by atoms with Crippen LogP contribution in [0.3, 0.4) is 0 Å². The summed E-state index contributed by atoms with van der Waals surface area (Å²) in [7, 11) is 0. The van der Waals surface area contributed by atoms with Crippen molar-refractivity contribution in [1.29, 1.82) is 0 Å². The van der Waals surface area contributed by atoms with Crippen LogP contribution in [0.15, 0.2) is 58.4 Å². The van der Waals surface area contributed by atoms with Gasteiger partial charge in [-0.2, -0.15) is 0 Å². The number of halogens is 1. The predicted molar refractivity (Wildman–Crippen MR) is 115 cm³/mol. The van der Waals surface area contributed by atoms with Gasteiger partial charge >= 0.3 is 0 Å². The Morgan fingerprint density at radius 3 is 2.78 bits per heavy atom. The molecule has 27 heavy (non-hydrogen) atoms. The van der Waals surface area contributed by atoms with E-state index in [0.29, 0.717) is 23.1 Å². The number of nitrogens with one attached hydrogen (secondary N) is 1. The molecule has 0 saturated heterocycles. The summed E-state index contributed by atoms with van der Waals surface area (Å²) in [5.74, 6) is 0.527. The SMILES string of the molecule is CCCCCOc1cccc(C(=O)Nc2nc(-c3ccc(Br)cc3)cs2)c1. The molecule has 0 spiro atoms. The molecule has 6 heteroatoms. The minimum absolute atomic E-state index is 0.189. The molecule has 140 valence electrons. The highest BCUT2D eigenvalue weighted by Gasteiger charge is 2.11. The minimum Gasteiger partial charge on any atom is -0.494 e. The molecule has 0 radical (unpaired) electrons. The van der Waals surface area contributed by atoms with Crippen LogP contribution >= 0.6 is 27.3 Å². The average molecular weight is 445 g/mol. The number of carbonyl (C=O) groups is 1. The maximum absolute atomic E-state index is 12.5. The fourth-order valence-electron chi connectivity index (χ4n) is 2.52. The molecule has 0 aliphatic heterocycles. The summed E-state index contributed by atoms with van der Waals surface area (Å²) >= 11 is 4.83. The maximum Gasteiger partial charge on any atom is 0.257 e. The first-order valence-electron chi connectivity index (χ1n) is 8.91. The zero-order valence-corrected chi connectivity index (χ0v) is 17.5. The van der Waals surface area contributed by atoms with Crippen LogP contribution in [0.1, 0.15) is 36.5 Å². The van der Waals surface area contributed by atoms with Gasteiger partial charge in [-0.05, 0) is 36.8 Å². The van der Waals surface area contributed by atoms with Crippen LogP contribution in [0, 0.1) is 0 Å². The third-order valence-corrected chi connectivity index (χ3v) is 5.26. The van der Waals surface area contributed by atoms with Crippen molar-refractivity contribution in [3.8, 4) is 17.0 Å². The Balaban J connectivity index is 1.63. The lowest BCUT2D eigenvalue weighted by Crippen LogP contribution is -2.11. The van der Waals surface area contributed by atoms with Gasteiger partial charge in [0.05, 0.1) is 12.3 Å². The molecule has 4 nitrogen and oxygen atoms in total. The van der Waals surface area contributed by atoms with E-state index in [2.05, 4.69) is 33.2 Å². The highest BCUT2D eigenvalue weighted by Crippen LogP contribution is 2.26. The van der Waals surface area contributed by atoms with Crippen molar-refractivity contribution in [3.63, 3.8) is 0 Å². The predicted octanol–water partition coefficient (Wildman–Crippen LogP) is 6.39. The highest BCUT2D eigenvalue weighted by atomic mass is 79.9. The number of anilines is 1. The number of hydrogen-bond donors (Lipinski definition) is 1. The molecule has 1 aromatic heterocycles. The lowest BCUT2D eigenvalue weighted by atomic mass is 10.2. The van der Waals surface area contributed by atoms with Crippen LogP contribution in [-0.2, 0) is 0 Å². The van der Waals surface area contributed by atoms with Crippen LogP contribution in [0.5, 0.6) is 5.75 Å². The van der Waals surface area contributed by atoms with Gasteiger partial charge in [0, 0.05) is 21.0 Å². The van der Waals surface area contributed by atoms with E-state index >= 15 is 0 Å². The molecule has 0 aliphatic carbocycles. The number of hydrogen-bond acceptors (Lipinski definition) is 4. The van der Waals surface area contributed by atoms with E-state index in [4.69, 9.17) is 4.74 Å². The average Bonchev–Trinajstić information content (AvgIpc) is 3.14. The Kier molecular flexibility index (Phi) is 7.01. The summed E-state index contributed by atoms with van der Waals surface area (Å²) in [6.45, 7) is 2.83. The van der Waals surface area contributed by atoms with E-state index in [0.717, 1.165) is 35.0 Å². The lowest BCUT2D eigenvalue weighted by Gasteiger charge is -2.07. The van der Waals surface area contributed by atoms with Gasteiger partial charge in [-0.3, -0.25) is 10.1 Å². The minimum atomic E-state index is -0.189. The smallest absolute Gasteiger partial charge is 0.257 e. The largest absolute Gasteiger partial charge is 0.494 e. The second-order valence-electron chi connectivity index (χ2n) is 6.08. The molecule has 0 saturated carbocycles. The molecule has 2 aromatic carbocycles. The molecule has 1 heterocycles. The Morgan fingerprint density at radius 2 is 2.00 bits per heavy atom. The Morgan fingerprint density at radius 1 is 1.19 bits per heavy atom. The van der Waals surface area contributed by atoms with Gasteiger partial charge in [0.1, 0.15) is 5.75 Å². The van der Waals surface area contributed by atoms with Crippen molar-refractivity contribution in [3.05, 3.63) is 63.9 Å². The molecule has 3 rings (SSSR count). The molecule has 0 unspecified atom stereocenters. The third-order valence-electron chi connectivity index (χ3n) is 3.98. The fourth-order valence-corrected chi connectivity index (χ4v) is 3.50. The summed E-state index contributed by atoms with van der Waals surface area (Å²) in [5, 5.41) is 5.38. The maximum atomic E-state index is 12.5. The van der Waals surface area contributed by atoms with Crippen molar-refractivity contribution in [2.24, 2.45) is 0 Å². The normalized spacial score (nSPS) is 10.6. The number of amides is 1. The standard InChI is InChI=1S/C21H21BrN2O2S/c1-2-3-4-12-26-18-7-5-6-16(13-18)20(25)24-21-23-19(14-27-21)15-8-10-17(22)11-9-15/h5-11,13-14H,2-4,12H2,1H3,(H,23,24,25). The molecular formula is C21H21BrN2O2S. The van der Waals surface area contributed by atoms with Crippen LogP contribution in [0.2, 0.25) is 0 Å². The first-order valence-corrected chi connectivity index (χ1v) is 10.6. The number of nitrogens with zero attached hydrogens (tertiary/aromatic N) is 1. The number of benzene rings is 2. The van der Waals surface area contributed by atoms with E-state index in [1.807, 2.05) is 41.8 Å². The summed E-state index contributed by atoms with van der Waals surface area (Å²) in [6, 6.07) is 15.2. The van der Waals surface area contributed by atoms with Gasteiger partial charge in [-0.15, -0.1) is 11.3 Å². The molecule has 1 amide bonds. The van der Waals surface area contributed by atoms with E-state index in [1.54, 1.807) is 12.1 Å². The molecule has 3 aromatic rings. The molecule has 0 fully saturated rings. The van der Waals surface area contributed by atoms with Crippen molar-refractivity contribution in [2.45, 2.75) is 26.2 Å². The van der Waals surface area contributed by atoms with Gasteiger partial charge in [0.2, 0.25) is 0 Å². The van der Waals surface area contributed by atoms with Crippen LogP contribution in [-0.4, -0.2) is 17.5 Å². The summed E-state index contributed by atoms with van der Waals surface area (Å²) in [6.07, 6.45) is 3.32. The highest BCUT2D eigenvalue weighted by molar-refractivity contribution is 9.10. The number of ether oxygens (including phenoxy) is 1. The van der Waals surface area contributed by atoms with Crippen molar-refractivity contribution in [2.75, 3.05) is 11.9 Å². The van der Waals surface area contributed by atoms with E-state index < -0.39 is 0 Å². The number of aromatic nitrogens is 1. The Labute approximate surface area is 171 Å². The Hall–Kier alpha value is -2.18. The van der Waals surface area contributed by atoms with Gasteiger partial charge < -0.3 is 4.74 Å². The van der Waals surface area contributed by atoms with Crippen molar-refractivity contribution in [1.82, 2.24) is 4.98 Å². The number of rotatable bonds is 8. The molecule has 0 aliphatic rings. The summed E-state index contributed by atoms with van der Waals surface area (Å²) in [4.78, 5) is 17.0. The van der Waals surface area contributed by atoms with E-state index in [-0.39, 0.29) is 5.91 Å². The number of thiazole rings is 1. The first-order chi connectivity index (χ1) is 13.2. The molecule has 0 bridgehead atoms. The number of unbranched alkanes of at least 4 members (excludes halogenated alkanes) is 2. The van der Waals surface area contributed by atoms with Gasteiger partial charge in [-0.25, -0.2) is 4.98 Å². The second-order valence-corrected chi connectivity index (χ2v) is 7.86. The Bertz CT molecular complexity index is 893. The zero-order valence-electron chi connectivity index (χ0n) is 15.1. The van der Waals surface area contributed by atoms with Crippen LogP contribution < -0.4 is 10.1 Å². The van der Waals surface area contributed by atoms with Crippen LogP contribution in [0.25, 0.3) is 11.3 Å². The van der Waals surface area contributed by atoms with Crippen molar-refractivity contribution >= 4 is 38.3 Å². The monoisotopic (exact) mass is 444 g/mol. The topological polar surface area (TPSA) is 51.2 Å². The molecule has 1 N–H and O–H groups in total. The van der Waals surface area contributed by atoms with Gasteiger partial charge in [0.25, 0.3) is 5.91 Å². The molecule has 0 atom stereocenters.